The van der Waals surface area contributed by atoms with Gasteiger partial charge in [-0.05, 0) is 41.5 Å². The standard InChI is InChI=1S/C24H26FNO2/c1-27-24-17-21(18-26-15-13-20-7-10-22(25)11-8-20)9-12-23(24)28-16-14-19-5-3-2-4-6-19/h2-12,17,26H,13-16,18H2,1H3/p+1. The quantitative estimate of drug-likeness (QED) is 0.544. The molecule has 0 unspecified atom stereocenters. The number of rotatable bonds is 10. The molecular weight excluding hydrogens is 353 g/mol. The molecule has 3 aromatic carbocycles. The summed E-state index contributed by atoms with van der Waals surface area (Å²) in [5.41, 5.74) is 3.60. The van der Waals surface area contributed by atoms with Crippen LogP contribution >= 0.6 is 0 Å². The van der Waals surface area contributed by atoms with E-state index in [9.17, 15) is 4.39 Å². The van der Waals surface area contributed by atoms with Gasteiger partial charge in [0.25, 0.3) is 0 Å². The molecule has 0 fully saturated rings. The molecule has 0 aliphatic heterocycles. The van der Waals surface area contributed by atoms with Crippen LogP contribution in [0.1, 0.15) is 16.7 Å². The van der Waals surface area contributed by atoms with Crippen LogP contribution in [-0.4, -0.2) is 20.3 Å². The van der Waals surface area contributed by atoms with Crippen LogP contribution in [0.3, 0.4) is 0 Å². The number of methoxy groups -OCH3 is 1. The maximum atomic E-state index is 12.9. The molecule has 146 valence electrons. The molecule has 0 radical (unpaired) electrons. The first-order valence-electron chi connectivity index (χ1n) is 9.64. The summed E-state index contributed by atoms with van der Waals surface area (Å²) in [6.07, 6.45) is 1.78. The molecule has 0 aliphatic rings. The van der Waals surface area contributed by atoms with Crippen molar-refractivity contribution in [2.75, 3.05) is 20.3 Å². The van der Waals surface area contributed by atoms with E-state index in [1.54, 1.807) is 7.11 Å². The number of benzene rings is 3. The minimum atomic E-state index is -0.189. The van der Waals surface area contributed by atoms with Crippen LogP contribution < -0.4 is 14.8 Å². The largest absolute Gasteiger partial charge is 0.493 e. The smallest absolute Gasteiger partial charge is 0.161 e. The fraction of sp³-hybridized carbons (Fsp3) is 0.250. The normalized spacial score (nSPS) is 10.6. The van der Waals surface area contributed by atoms with Crippen LogP contribution in [0.5, 0.6) is 11.5 Å². The number of nitrogens with two attached hydrogens (primary N) is 1. The minimum absolute atomic E-state index is 0.189. The van der Waals surface area contributed by atoms with E-state index in [2.05, 4.69) is 23.5 Å². The van der Waals surface area contributed by atoms with Crippen molar-refractivity contribution in [1.29, 1.82) is 0 Å². The highest BCUT2D eigenvalue weighted by Gasteiger charge is 2.07. The molecule has 4 heteroatoms. The molecule has 3 aromatic rings. The predicted molar refractivity (Wildman–Crippen MR) is 109 cm³/mol. The second-order valence-electron chi connectivity index (χ2n) is 6.73. The Hall–Kier alpha value is -2.85. The first-order chi connectivity index (χ1) is 13.7. The van der Waals surface area contributed by atoms with Gasteiger partial charge in [-0.1, -0.05) is 42.5 Å². The first kappa shape index (κ1) is 19.9. The summed E-state index contributed by atoms with van der Waals surface area (Å²) < 4.78 is 24.3. The molecule has 0 aliphatic carbocycles. The summed E-state index contributed by atoms with van der Waals surface area (Å²) in [5, 5.41) is 2.24. The SMILES string of the molecule is COc1cc(C[NH2+]CCc2ccc(F)cc2)ccc1OCCc1ccccc1. The third kappa shape index (κ3) is 6.10. The minimum Gasteiger partial charge on any atom is -0.493 e. The zero-order chi connectivity index (χ0) is 19.6. The van der Waals surface area contributed by atoms with Gasteiger partial charge in [0, 0.05) is 18.4 Å². The van der Waals surface area contributed by atoms with E-state index in [4.69, 9.17) is 9.47 Å². The average molecular weight is 380 g/mol. The van der Waals surface area contributed by atoms with Gasteiger partial charge in [-0.25, -0.2) is 4.39 Å². The Kier molecular flexibility index (Phi) is 7.44. The molecule has 2 N–H and O–H groups in total. The Morgan fingerprint density at radius 1 is 0.786 bits per heavy atom. The van der Waals surface area contributed by atoms with Gasteiger partial charge >= 0.3 is 0 Å². The highest BCUT2D eigenvalue weighted by Crippen LogP contribution is 2.28. The molecule has 3 nitrogen and oxygen atoms in total. The Morgan fingerprint density at radius 3 is 2.25 bits per heavy atom. The van der Waals surface area contributed by atoms with Crippen molar-refractivity contribution in [3.8, 4) is 11.5 Å². The summed E-state index contributed by atoms with van der Waals surface area (Å²) in [5.74, 6) is 1.34. The zero-order valence-corrected chi connectivity index (χ0v) is 16.2. The van der Waals surface area contributed by atoms with Crippen LogP contribution in [0.25, 0.3) is 0 Å². The molecule has 0 saturated carbocycles. The van der Waals surface area contributed by atoms with E-state index >= 15 is 0 Å². The summed E-state index contributed by atoms with van der Waals surface area (Å²) in [6, 6.07) is 23.1. The Balaban J connectivity index is 1.46. The molecule has 3 rings (SSSR count). The molecule has 0 aromatic heterocycles. The second kappa shape index (κ2) is 10.5. The molecule has 0 atom stereocenters. The molecule has 0 spiro atoms. The molecular formula is C24H27FNO2+. The van der Waals surface area contributed by atoms with Crippen LogP contribution in [0.2, 0.25) is 0 Å². The lowest BCUT2D eigenvalue weighted by molar-refractivity contribution is -0.670. The van der Waals surface area contributed by atoms with E-state index in [0.29, 0.717) is 6.61 Å². The van der Waals surface area contributed by atoms with Crippen molar-refractivity contribution in [1.82, 2.24) is 0 Å². The highest BCUT2D eigenvalue weighted by atomic mass is 19.1. The summed E-state index contributed by atoms with van der Waals surface area (Å²) in [4.78, 5) is 0. The van der Waals surface area contributed by atoms with E-state index in [1.807, 2.05) is 42.5 Å². The van der Waals surface area contributed by atoms with Gasteiger partial charge in [-0.3, -0.25) is 0 Å². The van der Waals surface area contributed by atoms with E-state index < -0.39 is 0 Å². The van der Waals surface area contributed by atoms with Crippen molar-refractivity contribution in [2.24, 2.45) is 0 Å². The maximum absolute atomic E-state index is 12.9. The molecule has 0 bridgehead atoms. The van der Waals surface area contributed by atoms with Crippen LogP contribution in [0, 0.1) is 5.82 Å². The zero-order valence-electron chi connectivity index (χ0n) is 16.2. The molecule has 0 saturated heterocycles. The number of halogens is 1. The fourth-order valence-corrected chi connectivity index (χ4v) is 3.07. The maximum Gasteiger partial charge on any atom is 0.161 e. The summed E-state index contributed by atoms with van der Waals surface area (Å²) in [7, 11) is 1.67. The molecule has 0 amide bonds. The lowest BCUT2D eigenvalue weighted by Crippen LogP contribution is -2.83. The van der Waals surface area contributed by atoms with Crippen LogP contribution in [-0.2, 0) is 19.4 Å². The van der Waals surface area contributed by atoms with E-state index in [0.717, 1.165) is 43.0 Å². The van der Waals surface area contributed by atoms with Crippen molar-refractivity contribution >= 4 is 0 Å². The fourth-order valence-electron chi connectivity index (χ4n) is 3.07. The Labute approximate surface area is 166 Å². The predicted octanol–water partition coefficient (Wildman–Crippen LogP) is 3.76. The van der Waals surface area contributed by atoms with Crippen molar-refractivity contribution in [3.05, 3.63) is 95.3 Å². The van der Waals surface area contributed by atoms with Gasteiger partial charge in [0.05, 0.1) is 20.3 Å². The van der Waals surface area contributed by atoms with E-state index in [-0.39, 0.29) is 5.82 Å². The average Bonchev–Trinajstić information content (AvgIpc) is 2.74. The Morgan fingerprint density at radius 2 is 1.50 bits per heavy atom. The number of hydrogen-bond donors (Lipinski definition) is 1. The number of ether oxygens (including phenoxy) is 2. The van der Waals surface area contributed by atoms with Gasteiger partial charge in [0.1, 0.15) is 12.4 Å². The first-order valence-corrected chi connectivity index (χ1v) is 9.64. The Bertz CT molecular complexity index is 850. The monoisotopic (exact) mass is 380 g/mol. The third-order valence-corrected chi connectivity index (χ3v) is 4.65. The van der Waals surface area contributed by atoms with Gasteiger partial charge in [-0.15, -0.1) is 0 Å². The topological polar surface area (TPSA) is 35.1 Å². The van der Waals surface area contributed by atoms with Crippen molar-refractivity contribution in [2.45, 2.75) is 19.4 Å². The van der Waals surface area contributed by atoms with Crippen molar-refractivity contribution < 1.29 is 19.2 Å². The third-order valence-electron chi connectivity index (χ3n) is 4.65. The lowest BCUT2D eigenvalue weighted by Gasteiger charge is -2.12. The van der Waals surface area contributed by atoms with Crippen molar-refractivity contribution in [3.63, 3.8) is 0 Å². The number of hydrogen-bond acceptors (Lipinski definition) is 2. The number of quaternary nitrogens is 1. The lowest BCUT2D eigenvalue weighted by atomic mass is 10.1. The van der Waals surface area contributed by atoms with Gasteiger partial charge < -0.3 is 14.8 Å². The van der Waals surface area contributed by atoms with Gasteiger partial charge in [-0.2, -0.15) is 0 Å². The van der Waals surface area contributed by atoms with Gasteiger partial charge in [0.15, 0.2) is 11.5 Å². The molecule has 28 heavy (non-hydrogen) atoms. The second-order valence-corrected chi connectivity index (χ2v) is 6.73. The summed E-state index contributed by atoms with van der Waals surface area (Å²) in [6.45, 7) is 2.43. The van der Waals surface area contributed by atoms with Crippen LogP contribution in [0.15, 0.2) is 72.8 Å². The molecule has 0 heterocycles. The van der Waals surface area contributed by atoms with Crippen LogP contribution in [0.4, 0.5) is 4.39 Å². The van der Waals surface area contributed by atoms with E-state index in [1.165, 1.54) is 23.3 Å². The van der Waals surface area contributed by atoms with Gasteiger partial charge in [0.2, 0.25) is 0 Å². The highest BCUT2D eigenvalue weighted by molar-refractivity contribution is 5.42. The summed E-state index contributed by atoms with van der Waals surface area (Å²) >= 11 is 0.